The number of nitrogens with one attached hydrogen (secondary N) is 1. The zero-order valence-corrected chi connectivity index (χ0v) is 11.3. The zero-order valence-electron chi connectivity index (χ0n) is 10.4. The molecule has 1 aliphatic heterocycles. The average Bonchev–Trinajstić information content (AvgIpc) is 2.88. The van der Waals surface area contributed by atoms with Crippen molar-refractivity contribution in [2.45, 2.75) is 36.6 Å². The molecule has 1 heterocycles. The molecule has 1 atom stereocenters. The van der Waals surface area contributed by atoms with Gasteiger partial charge in [-0.05, 0) is 62.2 Å². The third kappa shape index (κ3) is 4.25. The maximum absolute atomic E-state index is 5.14. The summed E-state index contributed by atoms with van der Waals surface area (Å²) in [5, 5.41) is 3.54. The second-order valence-electron chi connectivity index (χ2n) is 4.46. The molecule has 2 rings (SSSR count). The van der Waals surface area contributed by atoms with E-state index in [1.54, 1.807) is 7.11 Å². The predicted molar refractivity (Wildman–Crippen MR) is 74.0 cm³/mol. The number of thioether (sulfide) groups is 1. The average molecular weight is 251 g/mol. The Labute approximate surface area is 108 Å². The Hall–Kier alpha value is -0.670. The first-order valence-electron chi connectivity index (χ1n) is 6.39. The minimum Gasteiger partial charge on any atom is -0.497 e. The number of rotatable bonds is 6. The molecular weight excluding hydrogens is 230 g/mol. The maximum atomic E-state index is 5.14. The first kappa shape index (κ1) is 12.8. The number of ether oxygens (including phenoxy) is 1. The molecule has 2 nitrogen and oxygen atoms in total. The van der Waals surface area contributed by atoms with Crippen LogP contribution in [0.25, 0.3) is 0 Å². The molecule has 0 aromatic heterocycles. The molecule has 1 N–H and O–H groups in total. The van der Waals surface area contributed by atoms with Crippen LogP contribution in [-0.4, -0.2) is 25.4 Å². The topological polar surface area (TPSA) is 21.3 Å². The van der Waals surface area contributed by atoms with Crippen LogP contribution in [0.3, 0.4) is 0 Å². The van der Waals surface area contributed by atoms with Crippen molar-refractivity contribution >= 4 is 11.8 Å². The van der Waals surface area contributed by atoms with E-state index in [2.05, 4.69) is 17.4 Å². The highest BCUT2D eigenvalue weighted by Crippen LogP contribution is 2.23. The van der Waals surface area contributed by atoms with Gasteiger partial charge in [-0.1, -0.05) is 0 Å². The van der Waals surface area contributed by atoms with E-state index in [9.17, 15) is 0 Å². The predicted octanol–water partition coefficient (Wildman–Crippen LogP) is 3.32. The molecule has 0 saturated carbocycles. The lowest BCUT2D eigenvalue weighted by atomic mass is 10.1. The van der Waals surface area contributed by atoms with Gasteiger partial charge in [-0.3, -0.25) is 0 Å². The van der Waals surface area contributed by atoms with Crippen molar-refractivity contribution in [2.24, 2.45) is 0 Å². The standard InChI is InChI=1S/C14H21NOS/c1-16-13-6-8-14(9-7-13)17-11-3-5-12-4-2-10-15-12/h6-9,12,15H,2-5,10-11H2,1H3. The molecule has 94 valence electrons. The third-order valence-corrected chi connectivity index (χ3v) is 4.29. The Morgan fingerprint density at radius 2 is 2.18 bits per heavy atom. The van der Waals surface area contributed by atoms with E-state index < -0.39 is 0 Å². The first-order valence-corrected chi connectivity index (χ1v) is 7.37. The molecule has 0 amide bonds. The Bertz CT molecular complexity index is 319. The van der Waals surface area contributed by atoms with Gasteiger partial charge in [0.2, 0.25) is 0 Å². The van der Waals surface area contributed by atoms with Gasteiger partial charge in [0.05, 0.1) is 7.11 Å². The Morgan fingerprint density at radius 3 is 2.82 bits per heavy atom. The van der Waals surface area contributed by atoms with Crippen molar-refractivity contribution in [2.75, 3.05) is 19.4 Å². The quantitative estimate of drug-likeness (QED) is 0.619. The lowest BCUT2D eigenvalue weighted by molar-refractivity contribution is 0.414. The van der Waals surface area contributed by atoms with Gasteiger partial charge >= 0.3 is 0 Å². The molecular formula is C14H21NOS. The van der Waals surface area contributed by atoms with Crippen molar-refractivity contribution in [3.63, 3.8) is 0 Å². The van der Waals surface area contributed by atoms with Gasteiger partial charge in [-0.15, -0.1) is 11.8 Å². The van der Waals surface area contributed by atoms with Gasteiger partial charge in [0, 0.05) is 10.9 Å². The molecule has 1 aliphatic rings. The van der Waals surface area contributed by atoms with Crippen LogP contribution < -0.4 is 10.1 Å². The van der Waals surface area contributed by atoms with Crippen LogP contribution in [0, 0.1) is 0 Å². The van der Waals surface area contributed by atoms with Gasteiger partial charge in [0.1, 0.15) is 5.75 Å². The molecule has 0 bridgehead atoms. The zero-order chi connectivity index (χ0) is 11.9. The van der Waals surface area contributed by atoms with Gasteiger partial charge in [-0.2, -0.15) is 0 Å². The minimum absolute atomic E-state index is 0.784. The normalized spacial score (nSPS) is 19.5. The Balaban J connectivity index is 1.63. The molecule has 17 heavy (non-hydrogen) atoms. The smallest absolute Gasteiger partial charge is 0.118 e. The number of hydrogen-bond acceptors (Lipinski definition) is 3. The van der Waals surface area contributed by atoms with E-state index in [4.69, 9.17) is 4.74 Å². The summed E-state index contributed by atoms with van der Waals surface area (Å²) in [6.45, 7) is 1.22. The van der Waals surface area contributed by atoms with Gasteiger partial charge < -0.3 is 10.1 Å². The molecule has 1 aromatic rings. The summed E-state index contributed by atoms with van der Waals surface area (Å²) in [5.74, 6) is 2.15. The highest BCUT2D eigenvalue weighted by Gasteiger charge is 2.12. The summed E-state index contributed by atoms with van der Waals surface area (Å²) < 4.78 is 5.14. The second-order valence-corrected chi connectivity index (χ2v) is 5.63. The maximum Gasteiger partial charge on any atom is 0.118 e. The number of methoxy groups -OCH3 is 1. The van der Waals surface area contributed by atoms with Crippen molar-refractivity contribution < 1.29 is 4.74 Å². The van der Waals surface area contributed by atoms with E-state index in [-0.39, 0.29) is 0 Å². The monoisotopic (exact) mass is 251 g/mol. The fraction of sp³-hybridized carbons (Fsp3) is 0.571. The van der Waals surface area contributed by atoms with Crippen molar-refractivity contribution in [3.8, 4) is 5.75 Å². The summed E-state index contributed by atoms with van der Waals surface area (Å²) in [6.07, 6.45) is 5.35. The third-order valence-electron chi connectivity index (χ3n) is 3.19. The molecule has 1 fully saturated rings. The fourth-order valence-electron chi connectivity index (χ4n) is 2.19. The largest absolute Gasteiger partial charge is 0.497 e. The van der Waals surface area contributed by atoms with E-state index in [0.717, 1.165) is 11.8 Å². The molecule has 0 radical (unpaired) electrons. The highest BCUT2D eigenvalue weighted by molar-refractivity contribution is 7.99. The van der Waals surface area contributed by atoms with Crippen LogP contribution in [0.5, 0.6) is 5.75 Å². The molecule has 0 spiro atoms. The van der Waals surface area contributed by atoms with Crippen molar-refractivity contribution in [1.82, 2.24) is 5.32 Å². The Morgan fingerprint density at radius 1 is 1.35 bits per heavy atom. The highest BCUT2D eigenvalue weighted by atomic mass is 32.2. The molecule has 1 unspecified atom stereocenters. The first-order chi connectivity index (χ1) is 8.38. The van der Waals surface area contributed by atoms with Crippen LogP contribution in [0.2, 0.25) is 0 Å². The SMILES string of the molecule is COc1ccc(SCCCC2CCCN2)cc1. The van der Waals surface area contributed by atoms with Crippen molar-refractivity contribution in [1.29, 1.82) is 0 Å². The summed E-state index contributed by atoms with van der Waals surface area (Å²) in [7, 11) is 1.71. The van der Waals surface area contributed by atoms with Crippen LogP contribution in [0.4, 0.5) is 0 Å². The molecule has 3 heteroatoms. The van der Waals surface area contributed by atoms with E-state index in [1.807, 2.05) is 23.9 Å². The Kier molecular flexibility index (Phi) is 5.20. The van der Waals surface area contributed by atoms with Crippen LogP contribution in [-0.2, 0) is 0 Å². The van der Waals surface area contributed by atoms with Crippen LogP contribution >= 0.6 is 11.8 Å². The summed E-state index contributed by atoms with van der Waals surface area (Å²) in [5.41, 5.74) is 0. The molecule has 0 aliphatic carbocycles. The number of hydrogen-bond donors (Lipinski definition) is 1. The van der Waals surface area contributed by atoms with E-state index in [1.165, 1.54) is 42.9 Å². The van der Waals surface area contributed by atoms with Gasteiger partial charge in [0.15, 0.2) is 0 Å². The van der Waals surface area contributed by atoms with Gasteiger partial charge in [-0.25, -0.2) is 0 Å². The van der Waals surface area contributed by atoms with Crippen LogP contribution in [0.1, 0.15) is 25.7 Å². The van der Waals surface area contributed by atoms with E-state index in [0.29, 0.717) is 0 Å². The lowest BCUT2D eigenvalue weighted by Crippen LogP contribution is -2.20. The van der Waals surface area contributed by atoms with Gasteiger partial charge in [0.25, 0.3) is 0 Å². The lowest BCUT2D eigenvalue weighted by Gasteiger charge is -2.09. The molecule has 1 saturated heterocycles. The van der Waals surface area contributed by atoms with Crippen LogP contribution in [0.15, 0.2) is 29.2 Å². The summed E-state index contributed by atoms with van der Waals surface area (Å²) in [6, 6.07) is 9.11. The summed E-state index contributed by atoms with van der Waals surface area (Å²) >= 11 is 1.94. The molecule has 1 aromatic carbocycles. The summed E-state index contributed by atoms with van der Waals surface area (Å²) in [4.78, 5) is 1.34. The second kappa shape index (κ2) is 6.92. The fourth-order valence-corrected chi connectivity index (χ4v) is 3.07. The van der Waals surface area contributed by atoms with E-state index >= 15 is 0 Å². The van der Waals surface area contributed by atoms with Crippen molar-refractivity contribution in [3.05, 3.63) is 24.3 Å². The number of benzene rings is 1. The minimum atomic E-state index is 0.784.